The summed E-state index contributed by atoms with van der Waals surface area (Å²) in [6.07, 6.45) is 4.20. The van der Waals surface area contributed by atoms with Gasteiger partial charge in [0.05, 0.1) is 11.5 Å². The highest BCUT2D eigenvalue weighted by Gasteiger charge is 2.35. The van der Waals surface area contributed by atoms with E-state index in [-0.39, 0.29) is 5.41 Å². The van der Waals surface area contributed by atoms with E-state index in [1.54, 1.807) is 0 Å². The van der Waals surface area contributed by atoms with E-state index >= 15 is 0 Å². The van der Waals surface area contributed by atoms with E-state index in [9.17, 15) is 5.26 Å². The van der Waals surface area contributed by atoms with Gasteiger partial charge in [-0.25, -0.2) is 0 Å². The minimum atomic E-state index is -0.294. The first kappa shape index (κ1) is 11.5. The lowest BCUT2D eigenvalue weighted by Gasteiger charge is -2.34. The smallest absolute Gasteiger partial charge is 0.0823 e. The van der Waals surface area contributed by atoms with Crippen molar-refractivity contribution in [3.8, 4) is 6.07 Å². The van der Waals surface area contributed by atoms with Crippen molar-refractivity contribution < 1.29 is 0 Å². The summed E-state index contributed by atoms with van der Waals surface area (Å²) in [5.74, 6) is 0.751. The van der Waals surface area contributed by atoms with Crippen LogP contribution >= 0.6 is 11.6 Å². The van der Waals surface area contributed by atoms with E-state index in [0.29, 0.717) is 0 Å². The van der Waals surface area contributed by atoms with Gasteiger partial charge in [-0.3, -0.25) is 0 Å². The lowest BCUT2D eigenvalue weighted by molar-refractivity contribution is 0.294. The summed E-state index contributed by atoms with van der Waals surface area (Å²) in [5, 5.41) is 10.2. The van der Waals surface area contributed by atoms with E-state index < -0.39 is 0 Å². The zero-order valence-corrected chi connectivity index (χ0v) is 10.3. The van der Waals surface area contributed by atoms with Crippen LogP contribution in [-0.4, -0.2) is 0 Å². The Labute approximate surface area is 102 Å². The van der Waals surface area contributed by atoms with E-state index in [1.807, 2.05) is 24.3 Å². The van der Waals surface area contributed by atoms with Crippen LogP contribution in [0.5, 0.6) is 0 Å². The summed E-state index contributed by atoms with van der Waals surface area (Å²) in [7, 11) is 0. The van der Waals surface area contributed by atoms with Crippen LogP contribution in [-0.2, 0) is 5.41 Å². The van der Waals surface area contributed by atoms with Gasteiger partial charge in [-0.1, -0.05) is 30.7 Å². The second kappa shape index (κ2) is 4.47. The third-order valence-electron chi connectivity index (χ3n) is 3.72. The number of hydrogen-bond acceptors (Lipinski definition) is 1. The fourth-order valence-corrected chi connectivity index (χ4v) is 2.70. The van der Waals surface area contributed by atoms with Crippen molar-refractivity contribution in [1.82, 2.24) is 0 Å². The van der Waals surface area contributed by atoms with E-state index in [2.05, 4.69) is 13.0 Å². The largest absolute Gasteiger partial charge is 0.197 e. The minimum Gasteiger partial charge on any atom is -0.197 e. The first-order chi connectivity index (χ1) is 7.66. The van der Waals surface area contributed by atoms with Crippen LogP contribution in [0.4, 0.5) is 0 Å². The van der Waals surface area contributed by atoms with Gasteiger partial charge in [-0.2, -0.15) is 5.26 Å². The first-order valence-electron chi connectivity index (χ1n) is 5.83. The zero-order chi connectivity index (χ0) is 11.6. The van der Waals surface area contributed by atoms with Crippen molar-refractivity contribution in [3.63, 3.8) is 0 Å². The highest BCUT2D eigenvalue weighted by Crippen LogP contribution is 2.41. The SMILES string of the molecule is CC1CCC(C#N)(c2cccc(Cl)c2)CC1. The molecule has 0 aliphatic heterocycles. The number of halogens is 1. The Morgan fingerprint density at radius 2 is 2.06 bits per heavy atom. The summed E-state index contributed by atoms with van der Waals surface area (Å²) in [6.45, 7) is 2.26. The van der Waals surface area contributed by atoms with Gasteiger partial charge in [0.2, 0.25) is 0 Å². The highest BCUT2D eigenvalue weighted by atomic mass is 35.5. The molecule has 0 amide bonds. The molecule has 2 rings (SSSR count). The van der Waals surface area contributed by atoms with Gasteiger partial charge >= 0.3 is 0 Å². The maximum Gasteiger partial charge on any atom is 0.0823 e. The van der Waals surface area contributed by atoms with Crippen molar-refractivity contribution >= 4 is 11.6 Å². The van der Waals surface area contributed by atoms with Gasteiger partial charge in [0, 0.05) is 5.02 Å². The molecule has 2 heteroatoms. The molecule has 0 bridgehead atoms. The quantitative estimate of drug-likeness (QED) is 0.709. The molecular weight excluding hydrogens is 218 g/mol. The molecule has 0 heterocycles. The molecule has 0 spiro atoms. The standard InChI is InChI=1S/C14H16ClN/c1-11-5-7-14(10-16,8-6-11)12-3-2-4-13(15)9-12/h2-4,9,11H,5-8H2,1H3. The van der Waals surface area contributed by atoms with Crippen molar-refractivity contribution in [1.29, 1.82) is 5.26 Å². The third-order valence-corrected chi connectivity index (χ3v) is 3.95. The number of benzene rings is 1. The van der Waals surface area contributed by atoms with Crippen LogP contribution in [0.3, 0.4) is 0 Å². The first-order valence-corrected chi connectivity index (χ1v) is 6.21. The Morgan fingerprint density at radius 3 is 2.62 bits per heavy atom. The van der Waals surface area contributed by atoms with Crippen LogP contribution in [0.15, 0.2) is 24.3 Å². The Morgan fingerprint density at radius 1 is 1.38 bits per heavy atom. The van der Waals surface area contributed by atoms with Crippen LogP contribution in [0.1, 0.15) is 38.2 Å². The maximum atomic E-state index is 9.48. The molecular formula is C14H16ClN. The molecule has 1 saturated carbocycles. The molecule has 0 aromatic heterocycles. The summed E-state index contributed by atoms with van der Waals surface area (Å²) < 4.78 is 0. The summed E-state index contributed by atoms with van der Waals surface area (Å²) in [6, 6.07) is 10.3. The predicted octanol–water partition coefficient (Wildman–Crippen LogP) is 4.31. The second-order valence-corrected chi connectivity index (χ2v) is 5.32. The fraction of sp³-hybridized carbons (Fsp3) is 0.500. The molecule has 84 valence electrons. The van der Waals surface area contributed by atoms with Crippen molar-refractivity contribution in [2.45, 2.75) is 38.0 Å². The monoisotopic (exact) mass is 233 g/mol. The normalized spacial score (nSPS) is 29.7. The molecule has 0 saturated heterocycles. The van der Waals surface area contributed by atoms with Crippen molar-refractivity contribution in [2.75, 3.05) is 0 Å². The molecule has 1 nitrogen and oxygen atoms in total. The average molecular weight is 234 g/mol. The Kier molecular flexibility index (Phi) is 3.21. The highest BCUT2D eigenvalue weighted by molar-refractivity contribution is 6.30. The number of hydrogen-bond donors (Lipinski definition) is 0. The Bertz CT molecular complexity index is 411. The van der Waals surface area contributed by atoms with Gasteiger partial charge in [-0.15, -0.1) is 0 Å². The van der Waals surface area contributed by atoms with Crippen LogP contribution < -0.4 is 0 Å². The van der Waals surface area contributed by atoms with Crippen molar-refractivity contribution in [2.24, 2.45) is 5.92 Å². The van der Waals surface area contributed by atoms with E-state index in [0.717, 1.165) is 42.2 Å². The summed E-state index contributed by atoms with van der Waals surface area (Å²) in [4.78, 5) is 0. The van der Waals surface area contributed by atoms with E-state index in [1.165, 1.54) is 0 Å². The van der Waals surface area contributed by atoms with Gasteiger partial charge in [0.15, 0.2) is 0 Å². The maximum absolute atomic E-state index is 9.48. The minimum absolute atomic E-state index is 0.294. The lowest BCUT2D eigenvalue weighted by Crippen LogP contribution is -2.29. The molecule has 16 heavy (non-hydrogen) atoms. The molecule has 1 fully saturated rings. The predicted molar refractivity (Wildman–Crippen MR) is 66.4 cm³/mol. The molecule has 0 atom stereocenters. The Hall–Kier alpha value is -1.00. The molecule has 0 unspecified atom stereocenters. The van der Waals surface area contributed by atoms with E-state index in [4.69, 9.17) is 11.6 Å². The fourth-order valence-electron chi connectivity index (χ4n) is 2.51. The number of rotatable bonds is 1. The topological polar surface area (TPSA) is 23.8 Å². The van der Waals surface area contributed by atoms with Crippen LogP contribution in [0, 0.1) is 17.2 Å². The molecule has 0 radical (unpaired) electrons. The van der Waals surface area contributed by atoms with Gasteiger partial charge in [0.25, 0.3) is 0 Å². The molecule has 1 aliphatic rings. The lowest BCUT2D eigenvalue weighted by atomic mass is 9.68. The summed E-state index contributed by atoms with van der Waals surface area (Å²) in [5.41, 5.74) is 0.798. The molecule has 0 N–H and O–H groups in total. The molecule has 1 aromatic carbocycles. The van der Waals surface area contributed by atoms with Crippen LogP contribution in [0.2, 0.25) is 5.02 Å². The van der Waals surface area contributed by atoms with Crippen molar-refractivity contribution in [3.05, 3.63) is 34.9 Å². The zero-order valence-electron chi connectivity index (χ0n) is 9.54. The van der Waals surface area contributed by atoms with Gasteiger partial charge in [0.1, 0.15) is 0 Å². The third kappa shape index (κ3) is 2.08. The van der Waals surface area contributed by atoms with Gasteiger partial charge in [-0.05, 0) is 49.3 Å². The molecule has 1 aromatic rings. The van der Waals surface area contributed by atoms with Crippen LogP contribution in [0.25, 0.3) is 0 Å². The number of nitriles is 1. The second-order valence-electron chi connectivity index (χ2n) is 4.89. The number of nitrogens with zero attached hydrogens (tertiary/aromatic N) is 1. The summed E-state index contributed by atoms with van der Waals surface area (Å²) >= 11 is 6.00. The van der Waals surface area contributed by atoms with Gasteiger partial charge < -0.3 is 0 Å². The average Bonchev–Trinajstić information content (AvgIpc) is 2.31. The Balaban J connectivity index is 2.32. The molecule has 1 aliphatic carbocycles.